The van der Waals surface area contributed by atoms with Gasteiger partial charge in [0.2, 0.25) is 5.91 Å². The van der Waals surface area contributed by atoms with Gasteiger partial charge in [-0.25, -0.2) is 4.98 Å². The van der Waals surface area contributed by atoms with Gasteiger partial charge in [-0.2, -0.15) is 0 Å². The number of carbonyl (C=O) groups is 1. The van der Waals surface area contributed by atoms with E-state index in [1.54, 1.807) is 11.3 Å². The molecule has 0 atom stereocenters. The van der Waals surface area contributed by atoms with Crippen LogP contribution in [0.1, 0.15) is 23.5 Å². The lowest BCUT2D eigenvalue weighted by Gasteiger charge is -2.29. The molecular weight excluding hydrogens is 222 g/mol. The fraction of sp³-hybridized carbons (Fsp3) is 0.636. The first kappa shape index (κ1) is 11.5. The van der Waals surface area contributed by atoms with Gasteiger partial charge in [0.15, 0.2) is 0 Å². The SMILES string of the molecule is Cc1nc(CN2CCC(C(N)=O)CC2)cs1. The summed E-state index contributed by atoms with van der Waals surface area (Å²) in [7, 11) is 0. The van der Waals surface area contributed by atoms with E-state index in [0.29, 0.717) is 0 Å². The summed E-state index contributed by atoms with van der Waals surface area (Å²) in [6, 6.07) is 0. The minimum atomic E-state index is -0.149. The molecular formula is C11H17N3OS. The van der Waals surface area contributed by atoms with E-state index in [1.165, 1.54) is 0 Å². The van der Waals surface area contributed by atoms with Gasteiger partial charge in [0.05, 0.1) is 10.7 Å². The zero-order valence-corrected chi connectivity index (χ0v) is 10.3. The minimum absolute atomic E-state index is 0.0772. The van der Waals surface area contributed by atoms with Crippen molar-refractivity contribution in [3.63, 3.8) is 0 Å². The zero-order chi connectivity index (χ0) is 11.5. The number of primary amides is 1. The molecule has 1 aromatic rings. The standard InChI is InChI=1S/C11H17N3OS/c1-8-13-10(7-16-8)6-14-4-2-9(3-5-14)11(12)15/h7,9H,2-6H2,1H3,(H2,12,15). The van der Waals surface area contributed by atoms with Gasteiger partial charge in [-0.3, -0.25) is 9.69 Å². The van der Waals surface area contributed by atoms with Crippen LogP contribution in [0.25, 0.3) is 0 Å². The lowest BCUT2D eigenvalue weighted by atomic mass is 9.96. The lowest BCUT2D eigenvalue weighted by Crippen LogP contribution is -2.38. The van der Waals surface area contributed by atoms with E-state index in [1.807, 2.05) is 6.92 Å². The van der Waals surface area contributed by atoms with Crippen LogP contribution in [0, 0.1) is 12.8 Å². The van der Waals surface area contributed by atoms with E-state index in [2.05, 4.69) is 15.3 Å². The molecule has 1 aliphatic rings. The highest BCUT2D eigenvalue weighted by molar-refractivity contribution is 7.09. The summed E-state index contributed by atoms with van der Waals surface area (Å²) in [6.07, 6.45) is 1.77. The van der Waals surface area contributed by atoms with Gasteiger partial charge < -0.3 is 5.73 Å². The van der Waals surface area contributed by atoms with Gasteiger partial charge in [-0.05, 0) is 32.9 Å². The van der Waals surface area contributed by atoms with Crippen molar-refractivity contribution >= 4 is 17.2 Å². The number of carbonyl (C=O) groups excluding carboxylic acids is 1. The van der Waals surface area contributed by atoms with Crippen LogP contribution in [0.15, 0.2) is 5.38 Å². The van der Waals surface area contributed by atoms with Crippen molar-refractivity contribution in [1.82, 2.24) is 9.88 Å². The third kappa shape index (κ3) is 2.80. The van der Waals surface area contributed by atoms with Gasteiger partial charge in [-0.15, -0.1) is 11.3 Å². The predicted octanol–water partition coefficient (Wildman–Crippen LogP) is 1.15. The average Bonchev–Trinajstić information content (AvgIpc) is 2.65. The van der Waals surface area contributed by atoms with E-state index >= 15 is 0 Å². The number of likely N-dealkylation sites (tertiary alicyclic amines) is 1. The van der Waals surface area contributed by atoms with Crippen LogP contribution in [0.3, 0.4) is 0 Å². The summed E-state index contributed by atoms with van der Waals surface area (Å²) in [5.41, 5.74) is 6.44. The number of piperidine rings is 1. The van der Waals surface area contributed by atoms with Crippen LogP contribution in [-0.2, 0) is 11.3 Å². The van der Waals surface area contributed by atoms with Crippen molar-refractivity contribution in [1.29, 1.82) is 0 Å². The van der Waals surface area contributed by atoms with Gasteiger partial charge in [-0.1, -0.05) is 0 Å². The maximum absolute atomic E-state index is 11.0. The number of hydrogen-bond acceptors (Lipinski definition) is 4. The molecule has 0 aromatic carbocycles. The Bertz CT molecular complexity index is 369. The smallest absolute Gasteiger partial charge is 0.220 e. The van der Waals surface area contributed by atoms with Crippen molar-refractivity contribution in [2.24, 2.45) is 11.7 Å². The third-order valence-corrected chi connectivity index (χ3v) is 3.86. The Balaban J connectivity index is 1.83. The van der Waals surface area contributed by atoms with E-state index in [4.69, 9.17) is 5.73 Å². The molecule has 1 aliphatic heterocycles. The average molecular weight is 239 g/mol. The topological polar surface area (TPSA) is 59.2 Å². The van der Waals surface area contributed by atoms with Crippen molar-refractivity contribution in [3.05, 3.63) is 16.1 Å². The first-order chi connectivity index (χ1) is 7.65. The molecule has 1 amide bonds. The summed E-state index contributed by atoms with van der Waals surface area (Å²) in [4.78, 5) is 17.8. The van der Waals surface area contributed by atoms with E-state index in [9.17, 15) is 4.79 Å². The monoisotopic (exact) mass is 239 g/mol. The molecule has 2 N–H and O–H groups in total. The number of nitrogens with two attached hydrogens (primary N) is 1. The molecule has 1 saturated heterocycles. The Labute approximate surface area is 99.5 Å². The maximum Gasteiger partial charge on any atom is 0.220 e. The summed E-state index contributed by atoms with van der Waals surface area (Å²) < 4.78 is 0. The number of thiazole rings is 1. The molecule has 88 valence electrons. The summed E-state index contributed by atoms with van der Waals surface area (Å²) >= 11 is 1.69. The van der Waals surface area contributed by atoms with Crippen LogP contribution in [0.5, 0.6) is 0 Å². The number of amides is 1. The molecule has 4 nitrogen and oxygen atoms in total. The Morgan fingerprint density at radius 1 is 1.62 bits per heavy atom. The van der Waals surface area contributed by atoms with Gasteiger partial charge in [0.1, 0.15) is 0 Å². The first-order valence-electron chi connectivity index (χ1n) is 5.58. The van der Waals surface area contributed by atoms with Crippen LogP contribution in [0.2, 0.25) is 0 Å². The molecule has 0 unspecified atom stereocenters. The third-order valence-electron chi connectivity index (χ3n) is 3.04. The summed E-state index contributed by atoms with van der Waals surface area (Å²) in [6.45, 7) is 4.82. The highest BCUT2D eigenvalue weighted by atomic mass is 32.1. The second-order valence-electron chi connectivity index (χ2n) is 4.31. The van der Waals surface area contributed by atoms with Crippen molar-refractivity contribution < 1.29 is 4.79 Å². The van der Waals surface area contributed by atoms with Crippen LogP contribution >= 0.6 is 11.3 Å². The molecule has 2 rings (SSSR count). The Morgan fingerprint density at radius 2 is 2.31 bits per heavy atom. The van der Waals surface area contributed by atoms with Crippen LogP contribution in [0.4, 0.5) is 0 Å². The van der Waals surface area contributed by atoms with Gasteiger partial charge in [0.25, 0.3) is 0 Å². The van der Waals surface area contributed by atoms with Crippen LogP contribution < -0.4 is 5.73 Å². The van der Waals surface area contributed by atoms with E-state index < -0.39 is 0 Å². The maximum atomic E-state index is 11.0. The number of aryl methyl sites for hydroxylation is 1. The second-order valence-corrected chi connectivity index (χ2v) is 5.37. The Morgan fingerprint density at radius 3 is 2.81 bits per heavy atom. The number of aromatic nitrogens is 1. The lowest BCUT2D eigenvalue weighted by molar-refractivity contribution is -0.123. The highest BCUT2D eigenvalue weighted by Gasteiger charge is 2.23. The summed E-state index contributed by atoms with van der Waals surface area (Å²) in [5, 5.41) is 3.22. The first-order valence-corrected chi connectivity index (χ1v) is 6.46. The minimum Gasteiger partial charge on any atom is -0.369 e. The fourth-order valence-corrected chi connectivity index (χ4v) is 2.69. The largest absolute Gasteiger partial charge is 0.369 e. The number of rotatable bonds is 3. The van der Waals surface area contributed by atoms with Crippen LogP contribution in [-0.4, -0.2) is 28.9 Å². The van der Waals surface area contributed by atoms with E-state index in [0.717, 1.165) is 43.2 Å². The molecule has 0 aliphatic carbocycles. The quantitative estimate of drug-likeness (QED) is 0.860. The molecule has 0 bridgehead atoms. The molecule has 16 heavy (non-hydrogen) atoms. The molecule has 0 saturated carbocycles. The second kappa shape index (κ2) is 4.93. The molecule has 5 heteroatoms. The number of hydrogen-bond donors (Lipinski definition) is 1. The Kier molecular flexibility index (Phi) is 3.56. The molecule has 1 fully saturated rings. The molecule has 2 heterocycles. The van der Waals surface area contributed by atoms with Gasteiger partial charge >= 0.3 is 0 Å². The van der Waals surface area contributed by atoms with Crippen molar-refractivity contribution in [2.75, 3.05) is 13.1 Å². The molecule has 0 spiro atoms. The van der Waals surface area contributed by atoms with Crippen molar-refractivity contribution in [2.45, 2.75) is 26.3 Å². The van der Waals surface area contributed by atoms with Crippen molar-refractivity contribution in [3.8, 4) is 0 Å². The zero-order valence-electron chi connectivity index (χ0n) is 9.48. The molecule has 0 radical (unpaired) electrons. The summed E-state index contributed by atoms with van der Waals surface area (Å²) in [5.74, 6) is -0.0717. The number of nitrogens with zero attached hydrogens (tertiary/aromatic N) is 2. The Hall–Kier alpha value is -0.940. The molecule has 1 aromatic heterocycles. The van der Waals surface area contributed by atoms with E-state index in [-0.39, 0.29) is 11.8 Å². The normalized spacial score (nSPS) is 18.8. The predicted molar refractivity (Wildman–Crippen MR) is 64.0 cm³/mol. The van der Waals surface area contributed by atoms with Gasteiger partial charge in [0, 0.05) is 17.8 Å². The highest BCUT2D eigenvalue weighted by Crippen LogP contribution is 2.19. The fourth-order valence-electron chi connectivity index (χ4n) is 2.09.